The minimum absolute atomic E-state index is 0.314. The largest absolute Gasteiger partial charge is 0.493 e. The standard InChI is InChI=1S/C15H12BrCl2NO/c16-12-2-1-8(6-13(12)18)14(19)11-7-10(17)5-9-3-4-20-15(9)11/h1-2,5-7,14H,3-4,19H2. The molecule has 0 fully saturated rings. The van der Waals surface area contributed by atoms with Gasteiger partial charge in [0.1, 0.15) is 5.75 Å². The van der Waals surface area contributed by atoms with E-state index in [1.165, 1.54) is 0 Å². The molecule has 0 saturated carbocycles. The van der Waals surface area contributed by atoms with E-state index in [0.717, 1.165) is 33.3 Å². The maximum atomic E-state index is 6.36. The van der Waals surface area contributed by atoms with Crippen molar-refractivity contribution in [2.75, 3.05) is 6.61 Å². The van der Waals surface area contributed by atoms with Gasteiger partial charge >= 0.3 is 0 Å². The Morgan fingerprint density at radius 1 is 1.20 bits per heavy atom. The molecule has 2 nitrogen and oxygen atoms in total. The monoisotopic (exact) mass is 371 g/mol. The van der Waals surface area contributed by atoms with Gasteiger partial charge in [0.15, 0.2) is 0 Å². The zero-order valence-electron chi connectivity index (χ0n) is 10.5. The van der Waals surface area contributed by atoms with Crippen molar-refractivity contribution in [1.82, 2.24) is 0 Å². The van der Waals surface area contributed by atoms with Crippen molar-refractivity contribution in [2.45, 2.75) is 12.5 Å². The van der Waals surface area contributed by atoms with Gasteiger partial charge in [0.25, 0.3) is 0 Å². The molecule has 1 heterocycles. The molecule has 20 heavy (non-hydrogen) atoms. The molecule has 0 radical (unpaired) electrons. The van der Waals surface area contributed by atoms with E-state index in [1.54, 1.807) is 0 Å². The van der Waals surface area contributed by atoms with E-state index in [1.807, 2.05) is 30.3 Å². The Kier molecular flexibility index (Phi) is 3.95. The van der Waals surface area contributed by atoms with Crippen molar-refractivity contribution >= 4 is 39.1 Å². The summed E-state index contributed by atoms with van der Waals surface area (Å²) in [6.45, 7) is 0.677. The van der Waals surface area contributed by atoms with Crippen LogP contribution in [-0.4, -0.2) is 6.61 Å². The molecule has 0 spiro atoms. The molecule has 0 aliphatic carbocycles. The van der Waals surface area contributed by atoms with Gasteiger partial charge in [-0.25, -0.2) is 0 Å². The zero-order chi connectivity index (χ0) is 14.3. The zero-order valence-corrected chi connectivity index (χ0v) is 13.6. The molecule has 1 aliphatic rings. The van der Waals surface area contributed by atoms with Gasteiger partial charge in [-0.05, 0) is 51.3 Å². The molecule has 3 rings (SSSR count). The molecule has 0 bridgehead atoms. The van der Waals surface area contributed by atoms with Crippen LogP contribution in [0.4, 0.5) is 0 Å². The highest BCUT2D eigenvalue weighted by Crippen LogP contribution is 2.38. The van der Waals surface area contributed by atoms with Crippen molar-refractivity contribution in [3.8, 4) is 5.75 Å². The molecule has 0 aromatic heterocycles. The fourth-order valence-corrected chi connectivity index (χ4v) is 3.10. The topological polar surface area (TPSA) is 35.2 Å². The molecular formula is C15H12BrCl2NO. The highest BCUT2D eigenvalue weighted by Gasteiger charge is 2.22. The number of hydrogen-bond donors (Lipinski definition) is 1. The lowest BCUT2D eigenvalue weighted by molar-refractivity contribution is 0.352. The third-order valence-corrected chi connectivity index (χ3v) is 4.87. The second-order valence-corrected chi connectivity index (χ2v) is 6.43. The lowest BCUT2D eigenvalue weighted by Crippen LogP contribution is -2.13. The molecule has 2 aromatic carbocycles. The molecule has 104 valence electrons. The summed E-state index contributed by atoms with van der Waals surface area (Å²) < 4.78 is 6.55. The van der Waals surface area contributed by atoms with Crippen LogP contribution >= 0.6 is 39.1 Å². The quantitative estimate of drug-likeness (QED) is 0.826. The van der Waals surface area contributed by atoms with E-state index >= 15 is 0 Å². The first-order chi connectivity index (χ1) is 9.56. The van der Waals surface area contributed by atoms with E-state index in [2.05, 4.69) is 15.9 Å². The van der Waals surface area contributed by atoms with Crippen LogP contribution in [0.1, 0.15) is 22.7 Å². The summed E-state index contributed by atoms with van der Waals surface area (Å²) in [5, 5.41) is 1.32. The Bertz CT molecular complexity index is 675. The van der Waals surface area contributed by atoms with E-state index < -0.39 is 0 Å². The average molecular weight is 373 g/mol. The smallest absolute Gasteiger partial charge is 0.127 e. The van der Waals surface area contributed by atoms with E-state index in [0.29, 0.717) is 16.7 Å². The second-order valence-electron chi connectivity index (χ2n) is 4.73. The summed E-state index contributed by atoms with van der Waals surface area (Å²) in [6.07, 6.45) is 0.872. The van der Waals surface area contributed by atoms with Crippen LogP contribution in [0.2, 0.25) is 10.0 Å². The number of benzene rings is 2. The predicted molar refractivity (Wildman–Crippen MR) is 85.8 cm³/mol. The minimum Gasteiger partial charge on any atom is -0.493 e. The van der Waals surface area contributed by atoms with Gasteiger partial charge in [-0.2, -0.15) is 0 Å². The Hall–Kier alpha value is -0.740. The third kappa shape index (κ3) is 2.56. The minimum atomic E-state index is -0.314. The first kappa shape index (κ1) is 14.2. The van der Waals surface area contributed by atoms with Crippen molar-refractivity contribution in [2.24, 2.45) is 5.73 Å². The number of hydrogen-bond acceptors (Lipinski definition) is 2. The number of halogens is 3. The number of rotatable bonds is 2. The summed E-state index contributed by atoms with van der Waals surface area (Å²) in [5.41, 5.74) is 9.32. The molecule has 2 N–H and O–H groups in total. The van der Waals surface area contributed by atoms with Gasteiger partial charge in [-0.15, -0.1) is 0 Å². The van der Waals surface area contributed by atoms with Crippen LogP contribution in [0.15, 0.2) is 34.8 Å². The number of fused-ring (bicyclic) bond motifs is 1. The fraction of sp³-hybridized carbons (Fsp3) is 0.200. The summed E-state index contributed by atoms with van der Waals surface area (Å²) >= 11 is 15.7. The van der Waals surface area contributed by atoms with Gasteiger partial charge in [-0.1, -0.05) is 29.3 Å². The van der Waals surface area contributed by atoms with Gasteiger partial charge in [-0.3, -0.25) is 0 Å². The van der Waals surface area contributed by atoms with Crippen LogP contribution in [-0.2, 0) is 6.42 Å². The summed E-state index contributed by atoms with van der Waals surface area (Å²) in [5.74, 6) is 0.862. The van der Waals surface area contributed by atoms with Crippen molar-refractivity contribution in [1.29, 1.82) is 0 Å². The van der Waals surface area contributed by atoms with E-state index in [4.69, 9.17) is 33.7 Å². The molecule has 1 aliphatic heterocycles. The fourth-order valence-electron chi connectivity index (χ4n) is 2.41. The SMILES string of the molecule is NC(c1ccc(Br)c(Cl)c1)c1cc(Cl)cc2c1OCC2. The lowest BCUT2D eigenvalue weighted by Gasteiger charge is -2.17. The van der Waals surface area contributed by atoms with Crippen LogP contribution in [0.3, 0.4) is 0 Å². The summed E-state index contributed by atoms with van der Waals surface area (Å²) in [6, 6.07) is 9.19. The average Bonchev–Trinajstić information content (AvgIpc) is 2.88. The van der Waals surface area contributed by atoms with Gasteiger partial charge < -0.3 is 10.5 Å². The Balaban J connectivity index is 2.06. The van der Waals surface area contributed by atoms with E-state index in [-0.39, 0.29) is 6.04 Å². The van der Waals surface area contributed by atoms with E-state index in [9.17, 15) is 0 Å². The first-order valence-electron chi connectivity index (χ1n) is 6.22. The number of ether oxygens (including phenoxy) is 1. The normalized spacial score (nSPS) is 14.8. The predicted octanol–water partition coefficient (Wildman–Crippen LogP) is 4.74. The molecule has 0 saturated heterocycles. The number of nitrogens with two attached hydrogens (primary N) is 1. The Labute approximate surface area is 136 Å². The first-order valence-corrected chi connectivity index (χ1v) is 7.77. The van der Waals surface area contributed by atoms with Gasteiger partial charge in [0.2, 0.25) is 0 Å². The third-order valence-electron chi connectivity index (χ3n) is 3.41. The van der Waals surface area contributed by atoms with Crippen LogP contribution in [0.25, 0.3) is 0 Å². The molecule has 1 atom stereocenters. The lowest BCUT2D eigenvalue weighted by atomic mass is 9.96. The second kappa shape index (κ2) is 5.57. The molecular weight excluding hydrogens is 361 g/mol. The van der Waals surface area contributed by atoms with Crippen molar-refractivity contribution in [3.63, 3.8) is 0 Å². The maximum absolute atomic E-state index is 6.36. The van der Waals surface area contributed by atoms with Crippen molar-refractivity contribution < 1.29 is 4.74 Å². The van der Waals surface area contributed by atoms with Crippen LogP contribution < -0.4 is 10.5 Å². The maximum Gasteiger partial charge on any atom is 0.127 e. The van der Waals surface area contributed by atoms with Gasteiger partial charge in [0, 0.05) is 21.5 Å². The summed E-state index contributed by atoms with van der Waals surface area (Å²) in [7, 11) is 0. The van der Waals surface area contributed by atoms with Crippen molar-refractivity contribution in [3.05, 3.63) is 61.5 Å². The van der Waals surface area contributed by atoms with Crippen LogP contribution in [0, 0.1) is 0 Å². The highest BCUT2D eigenvalue weighted by atomic mass is 79.9. The Morgan fingerprint density at radius 2 is 2.00 bits per heavy atom. The van der Waals surface area contributed by atoms with Crippen LogP contribution in [0.5, 0.6) is 5.75 Å². The Morgan fingerprint density at radius 3 is 2.75 bits per heavy atom. The highest BCUT2D eigenvalue weighted by molar-refractivity contribution is 9.10. The summed E-state index contributed by atoms with van der Waals surface area (Å²) in [4.78, 5) is 0. The molecule has 0 amide bonds. The molecule has 5 heteroatoms. The molecule has 2 aromatic rings. The molecule has 1 unspecified atom stereocenters. The van der Waals surface area contributed by atoms with Gasteiger partial charge in [0.05, 0.1) is 17.7 Å².